The van der Waals surface area contributed by atoms with Gasteiger partial charge in [-0.05, 0) is 57.2 Å². The van der Waals surface area contributed by atoms with Gasteiger partial charge >= 0.3 is 0 Å². The molecular weight excluding hydrogens is 288 g/mol. The molecule has 0 aliphatic carbocycles. The molecule has 0 radical (unpaired) electrons. The summed E-state index contributed by atoms with van der Waals surface area (Å²) in [5, 5.41) is 1.15. The van der Waals surface area contributed by atoms with E-state index in [4.69, 9.17) is 0 Å². The molecule has 3 unspecified atom stereocenters. The summed E-state index contributed by atoms with van der Waals surface area (Å²) in [6.45, 7) is 9.96. The molecule has 0 aromatic rings. The van der Waals surface area contributed by atoms with Crippen LogP contribution in [0.2, 0.25) is 0 Å². The highest BCUT2D eigenvalue weighted by Crippen LogP contribution is 2.30. The highest BCUT2D eigenvalue weighted by Gasteiger charge is 2.34. The zero-order valence-electron chi connectivity index (χ0n) is 12.2. The van der Waals surface area contributed by atoms with Crippen LogP contribution in [0, 0.1) is 17.8 Å². The molecule has 18 heavy (non-hydrogen) atoms. The van der Waals surface area contributed by atoms with Gasteiger partial charge in [0.1, 0.15) is 0 Å². The Morgan fingerprint density at radius 2 is 2.00 bits per heavy atom. The lowest BCUT2D eigenvalue weighted by Crippen LogP contribution is -2.53. The van der Waals surface area contributed by atoms with Crippen LogP contribution in [0.5, 0.6) is 0 Å². The van der Waals surface area contributed by atoms with Gasteiger partial charge in [-0.2, -0.15) is 0 Å². The largest absolute Gasteiger partial charge is 0.303 e. The van der Waals surface area contributed by atoms with Crippen molar-refractivity contribution in [1.29, 1.82) is 0 Å². The first-order valence-corrected chi connectivity index (χ1v) is 8.72. The van der Waals surface area contributed by atoms with Gasteiger partial charge in [-0.15, -0.1) is 0 Å². The quantitative estimate of drug-likeness (QED) is 0.735. The molecule has 2 aliphatic rings. The molecule has 2 nitrogen and oxygen atoms in total. The van der Waals surface area contributed by atoms with E-state index >= 15 is 0 Å². The summed E-state index contributed by atoms with van der Waals surface area (Å²) in [6, 6.07) is 0.872. The van der Waals surface area contributed by atoms with Crippen LogP contribution in [0.1, 0.15) is 33.1 Å². The van der Waals surface area contributed by atoms with Crippen molar-refractivity contribution in [3.05, 3.63) is 0 Å². The maximum atomic E-state index is 3.69. The van der Waals surface area contributed by atoms with E-state index in [1.807, 2.05) is 0 Å². The second-order valence-electron chi connectivity index (χ2n) is 6.66. The predicted octanol–water partition coefficient (Wildman–Crippen LogP) is 3.07. The molecular formula is C15H29BrN2. The van der Waals surface area contributed by atoms with E-state index in [-0.39, 0.29) is 0 Å². The first-order valence-electron chi connectivity index (χ1n) is 7.60. The van der Waals surface area contributed by atoms with Gasteiger partial charge in [0.15, 0.2) is 0 Å². The van der Waals surface area contributed by atoms with Gasteiger partial charge in [-0.3, -0.25) is 0 Å². The molecule has 0 bridgehead atoms. The van der Waals surface area contributed by atoms with E-state index < -0.39 is 0 Å². The van der Waals surface area contributed by atoms with Crippen molar-refractivity contribution in [3.8, 4) is 0 Å². The highest BCUT2D eigenvalue weighted by atomic mass is 79.9. The summed E-state index contributed by atoms with van der Waals surface area (Å²) < 4.78 is 0. The standard InChI is InChI=1S/C15H29BrN2/c1-12(2)14(9-16)11-18-8-6-15-13(10-18)5-4-7-17(15)3/h12-15H,4-11H2,1-3H3. The molecule has 3 atom stereocenters. The van der Waals surface area contributed by atoms with Crippen molar-refractivity contribution < 1.29 is 0 Å². The van der Waals surface area contributed by atoms with Crippen molar-refractivity contribution in [2.24, 2.45) is 17.8 Å². The molecule has 0 aromatic heterocycles. The zero-order chi connectivity index (χ0) is 13.1. The van der Waals surface area contributed by atoms with E-state index in [1.54, 1.807) is 0 Å². The molecule has 0 saturated carbocycles. The van der Waals surface area contributed by atoms with Gasteiger partial charge in [-0.1, -0.05) is 29.8 Å². The number of likely N-dealkylation sites (tertiary alicyclic amines) is 2. The summed E-state index contributed by atoms with van der Waals surface area (Å²) in [7, 11) is 2.32. The maximum Gasteiger partial charge on any atom is 0.0145 e. The number of halogens is 1. The molecule has 0 spiro atoms. The molecule has 2 rings (SSSR count). The van der Waals surface area contributed by atoms with Crippen LogP contribution in [0.4, 0.5) is 0 Å². The Morgan fingerprint density at radius 1 is 1.22 bits per heavy atom. The molecule has 0 aromatic carbocycles. The fraction of sp³-hybridized carbons (Fsp3) is 1.00. The molecule has 106 valence electrons. The van der Waals surface area contributed by atoms with Crippen LogP contribution in [0.15, 0.2) is 0 Å². The highest BCUT2D eigenvalue weighted by molar-refractivity contribution is 9.09. The number of hydrogen-bond donors (Lipinski definition) is 0. The lowest BCUT2D eigenvalue weighted by atomic mass is 9.83. The van der Waals surface area contributed by atoms with Gasteiger partial charge in [0.25, 0.3) is 0 Å². The van der Waals surface area contributed by atoms with Crippen LogP contribution in [-0.2, 0) is 0 Å². The summed E-state index contributed by atoms with van der Waals surface area (Å²) >= 11 is 3.69. The molecule has 0 amide bonds. The van der Waals surface area contributed by atoms with E-state index in [1.165, 1.54) is 45.4 Å². The van der Waals surface area contributed by atoms with E-state index in [0.29, 0.717) is 0 Å². The maximum absolute atomic E-state index is 3.69. The number of alkyl halides is 1. The van der Waals surface area contributed by atoms with Gasteiger partial charge in [0.2, 0.25) is 0 Å². The Hall–Kier alpha value is 0.400. The summed E-state index contributed by atoms with van der Waals surface area (Å²) in [4.78, 5) is 5.34. The zero-order valence-corrected chi connectivity index (χ0v) is 13.8. The average molecular weight is 317 g/mol. The lowest BCUT2D eigenvalue weighted by molar-refractivity contribution is 0.0311. The Kier molecular flexibility index (Phi) is 5.52. The molecule has 2 saturated heterocycles. The van der Waals surface area contributed by atoms with E-state index in [9.17, 15) is 0 Å². The number of fused-ring (bicyclic) bond motifs is 1. The molecule has 2 aliphatic heterocycles. The summed E-state index contributed by atoms with van der Waals surface area (Å²) in [5.41, 5.74) is 0. The second kappa shape index (κ2) is 6.71. The predicted molar refractivity (Wildman–Crippen MR) is 82.3 cm³/mol. The van der Waals surface area contributed by atoms with Gasteiger partial charge in [0.05, 0.1) is 0 Å². The normalized spacial score (nSPS) is 32.5. The molecule has 0 N–H and O–H groups in total. The van der Waals surface area contributed by atoms with Crippen molar-refractivity contribution in [1.82, 2.24) is 9.80 Å². The van der Waals surface area contributed by atoms with Crippen LogP contribution in [0.3, 0.4) is 0 Å². The first-order chi connectivity index (χ1) is 8.61. The van der Waals surface area contributed by atoms with Crippen LogP contribution < -0.4 is 0 Å². The third-order valence-electron chi connectivity index (χ3n) is 5.06. The van der Waals surface area contributed by atoms with Gasteiger partial charge in [-0.25, -0.2) is 0 Å². The SMILES string of the molecule is CC(C)C(CBr)CN1CCC2C(CCCN2C)C1. The van der Waals surface area contributed by atoms with E-state index in [2.05, 4.69) is 46.6 Å². The monoisotopic (exact) mass is 316 g/mol. The molecule has 2 fully saturated rings. The number of piperidine rings is 2. The fourth-order valence-corrected chi connectivity index (χ4v) is 4.62. The Labute approximate surface area is 121 Å². The minimum absolute atomic E-state index is 0.788. The minimum atomic E-state index is 0.788. The van der Waals surface area contributed by atoms with E-state index in [0.717, 1.165) is 29.1 Å². The van der Waals surface area contributed by atoms with Crippen LogP contribution in [-0.4, -0.2) is 54.4 Å². The minimum Gasteiger partial charge on any atom is -0.303 e. The van der Waals surface area contributed by atoms with Gasteiger partial charge < -0.3 is 9.80 Å². The molecule has 2 heterocycles. The Bertz CT molecular complexity index is 257. The second-order valence-corrected chi connectivity index (χ2v) is 7.30. The van der Waals surface area contributed by atoms with Crippen molar-refractivity contribution >= 4 is 15.9 Å². The first kappa shape index (κ1) is 14.8. The van der Waals surface area contributed by atoms with Crippen molar-refractivity contribution in [2.75, 3.05) is 38.6 Å². The fourth-order valence-electron chi connectivity index (χ4n) is 3.66. The average Bonchev–Trinajstić information content (AvgIpc) is 2.35. The third-order valence-corrected chi connectivity index (χ3v) is 5.90. The number of nitrogens with zero attached hydrogens (tertiary/aromatic N) is 2. The number of hydrogen-bond acceptors (Lipinski definition) is 2. The smallest absolute Gasteiger partial charge is 0.0145 e. The summed E-state index contributed by atoms with van der Waals surface area (Å²) in [6.07, 6.45) is 4.23. The number of rotatable bonds is 4. The molecule has 3 heteroatoms. The van der Waals surface area contributed by atoms with Crippen LogP contribution >= 0.6 is 15.9 Å². The van der Waals surface area contributed by atoms with Crippen molar-refractivity contribution in [3.63, 3.8) is 0 Å². The lowest BCUT2D eigenvalue weighted by Gasteiger charge is -2.46. The summed E-state index contributed by atoms with van der Waals surface area (Å²) in [5.74, 6) is 2.53. The third kappa shape index (κ3) is 3.49. The Balaban J connectivity index is 1.86. The van der Waals surface area contributed by atoms with Crippen molar-refractivity contribution in [2.45, 2.75) is 39.2 Å². The van der Waals surface area contributed by atoms with Gasteiger partial charge in [0, 0.05) is 24.5 Å². The topological polar surface area (TPSA) is 6.48 Å². The van der Waals surface area contributed by atoms with Crippen LogP contribution in [0.25, 0.3) is 0 Å². The Morgan fingerprint density at radius 3 is 2.67 bits per heavy atom.